The van der Waals surface area contributed by atoms with Crippen LogP contribution in [-0.2, 0) is 16.4 Å². The molecule has 3 rings (SSSR count). The predicted molar refractivity (Wildman–Crippen MR) is 81.8 cm³/mol. The van der Waals surface area contributed by atoms with Crippen molar-refractivity contribution in [2.24, 2.45) is 0 Å². The normalized spacial score (nSPS) is 16.8. The van der Waals surface area contributed by atoms with Crippen molar-refractivity contribution in [3.05, 3.63) is 47.9 Å². The molecule has 1 saturated heterocycles. The summed E-state index contributed by atoms with van der Waals surface area (Å²) in [5.41, 5.74) is 0.0708. The number of rotatable bonds is 4. The molecule has 128 valence electrons. The smallest absolute Gasteiger partial charge is 0.275 e. The van der Waals surface area contributed by atoms with Crippen LogP contribution in [-0.4, -0.2) is 48.8 Å². The number of sulfone groups is 1. The summed E-state index contributed by atoms with van der Waals surface area (Å²) >= 11 is 0. The van der Waals surface area contributed by atoms with Gasteiger partial charge in [0.05, 0.1) is 11.5 Å². The fraction of sp³-hybridized carbons (Fsp3) is 0.333. The molecule has 1 aliphatic rings. The van der Waals surface area contributed by atoms with Crippen LogP contribution < -0.4 is 4.74 Å². The number of amides is 1. The number of hydrogen-bond acceptors (Lipinski definition) is 6. The van der Waals surface area contributed by atoms with Crippen LogP contribution in [0.2, 0.25) is 0 Å². The zero-order valence-corrected chi connectivity index (χ0v) is 13.5. The Morgan fingerprint density at radius 1 is 1.29 bits per heavy atom. The van der Waals surface area contributed by atoms with E-state index >= 15 is 0 Å². The van der Waals surface area contributed by atoms with Crippen LogP contribution in [0.5, 0.6) is 5.75 Å². The quantitative estimate of drug-likeness (QED) is 0.821. The number of ether oxygens (including phenoxy) is 1. The van der Waals surface area contributed by atoms with Gasteiger partial charge in [-0.05, 0) is 12.1 Å². The summed E-state index contributed by atoms with van der Waals surface area (Å²) in [7, 11) is -3.06. The number of halogens is 1. The molecular weight excluding hydrogens is 339 g/mol. The van der Waals surface area contributed by atoms with Crippen LogP contribution in [0.4, 0.5) is 4.39 Å². The summed E-state index contributed by atoms with van der Waals surface area (Å²) in [5, 5.41) is 0. The third kappa shape index (κ3) is 3.73. The minimum absolute atomic E-state index is 0.0557. The number of hydrogen-bond donors (Lipinski definition) is 0. The van der Waals surface area contributed by atoms with Gasteiger partial charge in [0.1, 0.15) is 6.26 Å². The third-order valence-corrected chi connectivity index (χ3v) is 5.20. The van der Waals surface area contributed by atoms with Gasteiger partial charge in [-0.25, -0.2) is 17.8 Å². The zero-order valence-electron chi connectivity index (χ0n) is 12.6. The average Bonchev–Trinajstić information content (AvgIpc) is 3.02. The first-order valence-corrected chi connectivity index (χ1v) is 9.08. The Bertz CT molecular complexity index is 835. The van der Waals surface area contributed by atoms with Crippen LogP contribution in [0.25, 0.3) is 0 Å². The summed E-state index contributed by atoms with van der Waals surface area (Å²) in [6, 6.07) is 5.92. The van der Waals surface area contributed by atoms with Crippen molar-refractivity contribution < 1.29 is 26.8 Å². The molecule has 2 aromatic rings. The minimum atomic E-state index is -3.06. The van der Waals surface area contributed by atoms with E-state index in [-0.39, 0.29) is 48.5 Å². The molecule has 2 heterocycles. The molecule has 24 heavy (non-hydrogen) atoms. The summed E-state index contributed by atoms with van der Waals surface area (Å²) in [4.78, 5) is 17.7. The van der Waals surface area contributed by atoms with E-state index in [1.165, 1.54) is 23.3 Å². The highest BCUT2D eigenvalue weighted by Gasteiger charge is 2.27. The number of benzene rings is 1. The monoisotopic (exact) mass is 354 g/mol. The van der Waals surface area contributed by atoms with Crippen LogP contribution in [0.15, 0.2) is 34.9 Å². The maximum absolute atomic E-state index is 13.4. The van der Waals surface area contributed by atoms with E-state index in [0.717, 1.165) is 0 Å². The second kappa shape index (κ2) is 6.60. The van der Waals surface area contributed by atoms with E-state index in [0.29, 0.717) is 0 Å². The summed E-state index contributed by atoms with van der Waals surface area (Å²) in [6.07, 6.45) is 1.19. The second-order valence-corrected chi connectivity index (χ2v) is 7.59. The first-order chi connectivity index (χ1) is 11.4. The molecule has 1 aromatic heterocycles. The predicted octanol–water partition coefficient (Wildman–Crippen LogP) is 1.26. The molecule has 1 aromatic carbocycles. The van der Waals surface area contributed by atoms with Crippen LogP contribution in [0.1, 0.15) is 16.4 Å². The van der Waals surface area contributed by atoms with Crippen molar-refractivity contribution in [2.45, 2.75) is 6.61 Å². The van der Waals surface area contributed by atoms with Gasteiger partial charge in [0, 0.05) is 13.1 Å². The van der Waals surface area contributed by atoms with Crippen molar-refractivity contribution in [2.75, 3.05) is 24.6 Å². The van der Waals surface area contributed by atoms with Crippen molar-refractivity contribution in [1.82, 2.24) is 9.88 Å². The molecule has 0 unspecified atom stereocenters. The van der Waals surface area contributed by atoms with Gasteiger partial charge in [-0.1, -0.05) is 12.1 Å². The molecule has 0 saturated carbocycles. The Morgan fingerprint density at radius 3 is 2.71 bits per heavy atom. The van der Waals surface area contributed by atoms with Crippen LogP contribution >= 0.6 is 0 Å². The lowest BCUT2D eigenvalue weighted by Crippen LogP contribution is -2.43. The number of carbonyl (C=O) groups excluding carboxylic acids is 1. The van der Waals surface area contributed by atoms with E-state index in [4.69, 9.17) is 9.15 Å². The van der Waals surface area contributed by atoms with Gasteiger partial charge >= 0.3 is 0 Å². The van der Waals surface area contributed by atoms with Gasteiger partial charge in [-0.15, -0.1) is 0 Å². The Morgan fingerprint density at radius 2 is 2.00 bits per heavy atom. The SMILES string of the molecule is O=C(c1coc(COc2ccccc2F)n1)N1CCS(=O)(=O)CC1. The molecule has 0 aliphatic carbocycles. The fourth-order valence-electron chi connectivity index (χ4n) is 2.25. The number of nitrogens with zero attached hydrogens (tertiary/aromatic N) is 2. The van der Waals surface area contributed by atoms with Crippen molar-refractivity contribution in [1.29, 1.82) is 0 Å². The molecule has 7 nitrogen and oxygen atoms in total. The van der Waals surface area contributed by atoms with Gasteiger partial charge in [-0.3, -0.25) is 4.79 Å². The Labute approximate surface area is 138 Å². The van der Waals surface area contributed by atoms with Crippen LogP contribution in [0, 0.1) is 5.82 Å². The molecule has 0 bridgehead atoms. The molecule has 1 fully saturated rings. The van der Waals surface area contributed by atoms with Crippen LogP contribution in [0.3, 0.4) is 0 Å². The van der Waals surface area contributed by atoms with Gasteiger partial charge < -0.3 is 14.1 Å². The Balaban J connectivity index is 1.61. The molecule has 0 N–H and O–H groups in total. The maximum Gasteiger partial charge on any atom is 0.275 e. The topological polar surface area (TPSA) is 89.7 Å². The van der Waals surface area contributed by atoms with Gasteiger partial charge in [-0.2, -0.15) is 0 Å². The van der Waals surface area contributed by atoms with E-state index in [2.05, 4.69) is 4.98 Å². The molecule has 1 aliphatic heterocycles. The lowest BCUT2D eigenvalue weighted by atomic mass is 10.3. The standard InChI is InChI=1S/C15H15FN2O5S/c16-11-3-1-2-4-13(11)22-10-14-17-12(9-23-14)15(19)18-5-7-24(20,21)8-6-18/h1-4,9H,5-8,10H2. The summed E-state index contributed by atoms with van der Waals surface area (Å²) < 4.78 is 46.6. The van der Waals surface area contributed by atoms with Crippen molar-refractivity contribution >= 4 is 15.7 Å². The molecule has 9 heteroatoms. The molecule has 1 amide bonds. The number of carbonyl (C=O) groups is 1. The molecule has 0 atom stereocenters. The van der Waals surface area contributed by atoms with Gasteiger partial charge in [0.25, 0.3) is 5.91 Å². The van der Waals surface area contributed by atoms with E-state index in [1.54, 1.807) is 12.1 Å². The summed E-state index contributed by atoms with van der Waals surface area (Å²) in [5.74, 6) is -0.823. The Kier molecular flexibility index (Phi) is 4.52. The number of aromatic nitrogens is 1. The highest BCUT2D eigenvalue weighted by molar-refractivity contribution is 7.91. The van der Waals surface area contributed by atoms with E-state index in [1.807, 2.05) is 0 Å². The lowest BCUT2D eigenvalue weighted by Gasteiger charge is -2.25. The van der Waals surface area contributed by atoms with Gasteiger partial charge in [0.2, 0.25) is 5.89 Å². The maximum atomic E-state index is 13.4. The molecular formula is C15H15FN2O5S. The van der Waals surface area contributed by atoms with Gasteiger partial charge in [0.15, 0.2) is 33.7 Å². The minimum Gasteiger partial charge on any atom is -0.481 e. The lowest BCUT2D eigenvalue weighted by molar-refractivity contribution is 0.0764. The van der Waals surface area contributed by atoms with Crippen molar-refractivity contribution in [3.8, 4) is 5.75 Å². The second-order valence-electron chi connectivity index (χ2n) is 5.29. The van der Waals surface area contributed by atoms with E-state index in [9.17, 15) is 17.6 Å². The molecule has 0 radical (unpaired) electrons. The average molecular weight is 354 g/mol. The highest BCUT2D eigenvalue weighted by atomic mass is 32.2. The molecule has 0 spiro atoms. The van der Waals surface area contributed by atoms with E-state index < -0.39 is 21.6 Å². The highest BCUT2D eigenvalue weighted by Crippen LogP contribution is 2.17. The third-order valence-electron chi connectivity index (χ3n) is 3.59. The number of para-hydroxylation sites is 1. The first-order valence-electron chi connectivity index (χ1n) is 7.26. The Hall–Kier alpha value is -2.42. The summed E-state index contributed by atoms with van der Waals surface area (Å²) in [6.45, 7) is 0.146. The fourth-order valence-corrected chi connectivity index (χ4v) is 3.46. The van der Waals surface area contributed by atoms with Crippen molar-refractivity contribution in [3.63, 3.8) is 0 Å². The first kappa shape index (κ1) is 16.4. The zero-order chi connectivity index (χ0) is 17.2. The largest absolute Gasteiger partial charge is 0.481 e. The number of oxazole rings is 1.